The van der Waals surface area contributed by atoms with Gasteiger partial charge in [-0.15, -0.1) is 0 Å². The second-order valence-corrected chi connectivity index (χ2v) is 26.0. The third-order valence-electron chi connectivity index (χ3n) is 17.8. The van der Waals surface area contributed by atoms with Gasteiger partial charge < -0.3 is 20.3 Å². The smallest absolute Gasteiger partial charge is 0.305 e. The van der Waals surface area contributed by atoms with Crippen LogP contribution in [0.2, 0.25) is 0 Å². The first kappa shape index (κ1) is 80.3. The zero-order valence-electron chi connectivity index (χ0n) is 55.8. The Morgan fingerprint density at radius 2 is 0.610 bits per heavy atom. The Labute approximate surface area is 513 Å². The van der Waals surface area contributed by atoms with Gasteiger partial charge in [0, 0.05) is 12.8 Å². The monoisotopic (exact) mass is 1150 g/mol. The normalized spacial score (nSPS) is 12.6. The second kappa shape index (κ2) is 71.8. The van der Waals surface area contributed by atoms with Crippen LogP contribution in [0.15, 0.2) is 24.3 Å². The van der Waals surface area contributed by atoms with Crippen LogP contribution in [0.3, 0.4) is 0 Å². The van der Waals surface area contributed by atoms with E-state index in [2.05, 4.69) is 43.5 Å². The third-order valence-corrected chi connectivity index (χ3v) is 17.8. The Bertz CT molecular complexity index is 1280. The molecule has 2 unspecified atom stereocenters. The molecule has 6 heteroatoms. The summed E-state index contributed by atoms with van der Waals surface area (Å²) in [6.45, 7) is 4.97. The molecule has 486 valence electrons. The second-order valence-electron chi connectivity index (χ2n) is 26.0. The van der Waals surface area contributed by atoms with Crippen molar-refractivity contribution in [2.24, 2.45) is 0 Å². The molecule has 0 rings (SSSR count). The number of esters is 1. The van der Waals surface area contributed by atoms with Crippen molar-refractivity contribution in [1.29, 1.82) is 0 Å². The molecule has 6 nitrogen and oxygen atoms in total. The van der Waals surface area contributed by atoms with E-state index in [-0.39, 0.29) is 18.5 Å². The van der Waals surface area contributed by atoms with Gasteiger partial charge in [0.05, 0.1) is 25.4 Å². The van der Waals surface area contributed by atoms with Crippen molar-refractivity contribution >= 4 is 11.9 Å². The van der Waals surface area contributed by atoms with Gasteiger partial charge in [0.15, 0.2) is 0 Å². The van der Waals surface area contributed by atoms with Gasteiger partial charge in [-0.3, -0.25) is 9.59 Å². The molecule has 0 aliphatic rings. The molecular formula is C76H147NO5. The summed E-state index contributed by atoms with van der Waals surface area (Å²) in [5.41, 5.74) is 0. The summed E-state index contributed by atoms with van der Waals surface area (Å²) in [5, 5.41) is 23.5. The summed E-state index contributed by atoms with van der Waals surface area (Å²) in [4.78, 5) is 24.6. The highest BCUT2D eigenvalue weighted by Crippen LogP contribution is 2.20. The number of allylic oxidation sites excluding steroid dienone is 4. The average Bonchev–Trinajstić information content (AvgIpc) is 3.48. The van der Waals surface area contributed by atoms with Gasteiger partial charge in [-0.25, -0.2) is 0 Å². The van der Waals surface area contributed by atoms with Gasteiger partial charge >= 0.3 is 5.97 Å². The van der Waals surface area contributed by atoms with Crippen molar-refractivity contribution < 1.29 is 24.5 Å². The lowest BCUT2D eigenvalue weighted by atomic mass is 10.0. The molecule has 0 saturated heterocycles. The lowest BCUT2D eigenvalue weighted by Gasteiger charge is -2.22. The largest absolute Gasteiger partial charge is 0.466 e. The van der Waals surface area contributed by atoms with E-state index < -0.39 is 12.1 Å². The molecule has 0 fully saturated rings. The first-order valence-corrected chi connectivity index (χ1v) is 37.6. The molecular weight excluding hydrogens is 1010 g/mol. The molecule has 1 amide bonds. The number of ether oxygens (including phenoxy) is 1. The molecule has 3 N–H and O–H groups in total. The van der Waals surface area contributed by atoms with E-state index in [1.807, 2.05) is 0 Å². The fourth-order valence-corrected chi connectivity index (χ4v) is 12.0. The number of carbonyl (C=O) groups excluding carboxylic acids is 2. The highest BCUT2D eigenvalue weighted by molar-refractivity contribution is 5.76. The summed E-state index contributed by atoms with van der Waals surface area (Å²) in [5.74, 6) is -0.0245. The predicted molar refractivity (Wildman–Crippen MR) is 361 cm³/mol. The standard InChI is InChI=1S/C76H147NO5/c1-3-5-7-9-11-13-15-17-19-20-21-22-23-25-28-31-34-37-41-44-48-52-56-60-64-68-74(79)73(72-78)77-75(80)69-65-61-57-53-49-45-42-38-35-32-29-26-24-27-30-33-36-39-43-47-51-55-59-63-67-71-82-76(81)70-66-62-58-54-50-46-40-18-16-14-12-10-8-6-4-2/h12,14,18,40,73-74,78-79H,3-11,13,15-17,19-39,41-72H2,1-2H3,(H,77,80)/b14-12-,40-18-. The minimum absolute atomic E-state index is 0.00346. The zero-order chi connectivity index (χ0) is 59.2. The van der Waals surface area contributed by atoms with Crippen LogP contribution in [0.1, 0.15) is 425 Å². The van der Waals surface area contributed by atoms with Gasteiger partial charge in [0.1, 0.15) is 0 Å². The summed E-state index contributed by atoms with van der Waals surface area (Å²) in [7, 11) is 0. The van der Waals surface area contributed by atoms with E-state index >= 15 is 0 Å². The average molecular weight is 1160 g/mol. The number of carbonyl (C=O) groups is 2. The lowest BCUT2D eigenvalue weighted by Crippen LogP contribution is -2.45. The molecule has 0 radical (unpaired) electrons. The quantitative estimate of drug-likeness (QED) is 0.0320. The molecule has 0 aromatic heterocycles. The molecule has 2 atom stereocenters. The van der Waals surface area contributed by atoms with Gasteiger partial charge in [0.2, 0.25) is 5.91 Å². The molecule has 0 bridgehead atoms. The van der Waals surface area contributed by atoms with Crippen LogP contribution >= 0.6 is 0 Å². The summed E-state index contributed by atoms with van der Waals surface area (Å²) in [6, 6.07) is -0.542. The Morgan fingerprint density at radius 1 is 0.341 bits per heavy atom. The first-order valence-electron chi connectivity index (χ1n) is 37.6. The molecule has 0 spiro atoms. The van der Waals surface area contributed by atoms with Gasteiger partial charge in [0.25, 0.3) is 0 Å². The van der Waals surface area contributed by atoms with Crippen molar-refractivity contribution in [2.75, 3.05) is 13.2 Å². The van der Waals surface area contributed by atoms with Crippen LogP contribution in [0.25, 0.3) is 0 Å². The van der Waals surface area contributed by atoms with E-state index in [4.69, 9.17) is 4.74 Å². The van der Waals surface area contributed by atoms with Crippen LogP contribution < -0.4 is 5.32 Å². The Morgan fingerprint density at radius 3 is 0.951 bits per heavy atom. The van der Waals surface area contributed by atoms with Crippen molar-refractivity contribution in [1.82, 2.24) is 5.32 Å². The number of rotatable bonds is 71. The van der Waals surface area contributed by atoms with Crippen molar-refractivity contribution in [2.45, 2.75) is 437 Å². The maximum absolute atomic E-state index is 12.6. The third kappa shape index (κ3) is 67.5. The predicted octanol–water partition coefficient (Wildman–Crippen LogP) is 24.5. The molecule has 82 heavy (non-hydrogen) atoms. The summed E-state index contributed by atoms with van der Waals surface area (Å²) in [6.07, 6.45) is 91.0. The first-order chi connectivity index (χ1) is 40.5. The van der Waals surface area contributed by atoms with Gasteiger partial charge in [-0.2, -0.15) is 0 Å². The van der Waals surface area contributed by atoms with Crippen molar-refractivity contribution in [3.8, 4) is 0 Å². The minimum atomic E-state index is -0.665. The van der Waals surface area contributed by atoms with Gasteiger partial charge in [-0.05, 0) is 57.8 Å². The van der Waals surface area contributed by atoms with Crippen LogP contribution in [-0.2, 0) is 14.3 Å². The molecule has 0 aromatic carbocycles. The van der Waals surface area contributed by atoms with Crippen molar-refractivity contribution in [3.63, 3.8) is 0 Å². The Kier molecular flexibility index (Phi) is 70.4. The van der Waals surface area contributed by atoms with Crippen molar-refractivity contribution in [3.05, 3.63) is 24.3 Å². The van der Waals surface area contributed by atoms with E-state index in [0.717, 1.165) is 51.4 Å². The topological polar surface area (TPSA) is 95.9 Å². The van der Waals surface area contributed by atoms with Crippen LogP contribution in [-0.4, -0.2) is 47.4 Å². The van der Waals surface area contributed by atoms with Crippen LogP contribution in [0.5, 0.6) is 0 Å². The molecule has 0 aliphatic heterocycles. The molecule has 0 saturated carbocycles. The Balaban J connectivity index is 3.37. The number of aliphatic hydroxyl groups excluding tert-OH is 2. The Hall–Kier alpha value is -1.66. The highest BCUT2D eigenvalue weighted by Gasteiger charge is 2.20. The van der Waals surface area contributed by atoms with E-state index in [9.17, 15) is 19.8 Å². The van der Waals surface area contributed by atoms with Gasteiger partial charge in [-0.1, -0.05) is 378 Å². The SMILES string of the molecule is CCCCC/C=C\C/C=C\CCCCCCCC(=O)OCCCCCCCCCCCCCCCCCCCCCCCCCCCC(=O)NC(CO)C(O)CCCCCCCCCCCCCCCCCCCCCCCCCCC. The fourth-order valence-electron chi connectivity index (χ4n) is 12.0. The number of unbranched alkanes of at least 4 members (excludes halogenated alkanes) is 56. The number of nitrogens with one attached hydrogen (secondary N) is 1. The molecule has 0 aliphatic carbocycles. The fraction of sp³-hybridized carbons (Fsp3) is 0.921. The maximum Gasteiger partial charge on any atom is 0.305 e. The minimum Gasteiger partial charge on any atom is -0.466 e. The lowest BCUT2D eigenvalue weighted by molar-refractivity contribution is -0.143. The van der Waals surface area contributed by atoms with Crippen LogP contribution in [0, 0.1) is 0 Å². The maximum atomic E-state index is 12.6. The van der Waals surface area contributed by atoms with E-state index in [0.29, 0.717) is 25.9 Å². The van der Waals surface area contributed by atoms with E-state index in [1.54, 1.807) is 0 Å². The zero-order valence-corrected chi connectivity index (χ0v) is 55.8. The molecule has 0 heterocycles. The highest BCUT2D eigenvalue weighted by atomic mass is 16.5. The number of hydrogen-bond acceptors (Lipinski definition) is 5. The van der Waals surface area contributed by atoms with Crippen LogP contribution in [0.4, 0.5) is 0 Å². The van der Waals surface area contributed by atoms with E-state index in [1.165, 1.54) is 340 Å². The molecule has 0 aromatic rings. The number of amides is 1. The summed E-state index contributed by atoms with van der Waals surface area (Å²) >= 11 is 0. The number of aliphatic hydroxyl groups is 2. The summed E-state index contributed by atoms with van der Waals surface area (Å²) < 4.78 is 5.49. The number of hydrogen-bond donors (Lipinski definition) is 3.